The van der Waals surface area contributed by atoms with Gasteiger partial charge in [0.2, 0.25) is 0 Å². The molecule has 2 amide bonds. The van der Waals surface area contributed by atoms with Crippen LogP contribution in [-0.4, -0.2) is 11.1 Å². The van der Waals surface area contributed by atoms with Crippen LogP contribution in [0.25, 0.3) is 0 Å². The fourth-order valence-corrected chi connectivity index (χ4v) is 1.52. The van der Waals surface area contributed by atoms with Crippen molar-refractivity contribution in [3.8, 4) is 11.8 Å². The quantitative estimate of drug-likeness (QED) is 0.734. The number of nitrogens with one attached hydrogen (secondary N) is 2. The third-order valence-corrected chi connectivity index (χ3v) is 2.47. The first-order valence-electron chi connectivity index (χ1n) is 5.65. The molecule has 0 heterocycles. The smallest absolute Gasteiger partial charge is 0.323 e. The van der Waals surface area contributed by atoms with Gasteiger partial charge in [-0.05, 0) is 36.4 Å². The first-order valence-corrected chi connectivity index (χ1v) is 5.65. The number of benzene rings is 2. The fourth-order valence-electron chi connectivity index (χ4n) is 1.52. The Morgan fingerprint density at radius 2 is 1.85 bits per heavy atom. The number of nitrogens with zero attached hydrogens (tertiary/aromatic N) is 1. The second-order valence-corrected chi connectivity index (χ2v) is 3.93. The number of carbonyl (C=O) groups excluding carboxylic acids is 1. The van der Waals surface area contributed by atoms with Gasteiger partial charge in [-0.15, -0.1) is 0 Å². The van der Waals surface area contributed by atoms with E-state index in [1.165, 1.54) is 12.1 Å². The number of urea groups is 1. The maximum absolute atomic E-state index is 13.4. The molecule has 0 spiro atoms. The number of anilines is 2. The number of halogens is 1. The molecule has 5 nitrogen and oxygen atoms in total. The fraction of sp³-hybridized carbons (Fsp3) is 0. The van der Waals surface area contributed by atoms with E-state index in [1.807, 2.05) is 6.07 Å². The van der Waals surface area contributed by atoms with Crippen LogP contribution in [0.3, 0.4) is 0 Å². The molecular formula is C14H10FN3O2. The Hall–Kier alpha value is -3.07. The number of hydrogen-bond donors (Lipinski definition) is 3. The molecule has 100 valence electrons. The number of hydrogen-bond acceptors (Lipinski definition) is 3. The van der Waals surface area contributed by atoms with Gasteiger partial charge in [0, 0.05) is 11.8 Å². The molecule has 2 aromatic rings. The van der Waals surface area contributed by atoms with E-state index in [4.69, 9.17) is 10.4 Å². The average molecular weight is 271 g/mol. The highest BCUT2D eigenvalue weighted by Crippen LogP contribution is 2.19. The van der Waals surface area contributed by atoms with Gasteiger partial charge >= 0.3 is 6.03 Å². The van der Waals surface area contributed by atoms with Crippen molar-refractivity contribution in [2.24, 2.45) is 0 Å². The zero-order valence-electron chi connectivity index (χ0n) is 10.2. The first kappa shape index (κ1) is 13.4. The zero-order chi connectivity index (χ0) is 14.5. The summed E-state index contributed by atoms with van der Waals surface area (Å²) in [6, 6.07) is 11.0. The predicted octanol–water partition coefficient (Wildman–Crippen LogP) is 3.05. The molecule has 0 aliphatic rings. The summed E-state index contributed by atoms with van der Waals surface area (Å²) in [5, 5.41) is 22.5. The minimum Gasteiger partial charge on any atom is -0.508 e. The van der Waals surface area contributed by atoms with E-state index in [0.29, 0.717) is 11.3 Å². The van der Waals surface area contributed by atoms with Gasteiger partial charge in [-0.2, -0.15) is 5.26 Å². The van der Waals surface area contributed by atoms with Crippen LogP contribution < -0.4 is 10.6 Å². The van der Waals surface area contributed by atoms with E-state index in [0.717, 1.165) is 6.07 Å². The van der Waals surface area contributed by atoms with Crippen LogP contribution in [0, 0.1) is 17.1 Å². The van der Waals surface area contributed by atoms with Crippen LogP contribution >= 0.6 is 0 Å². The summed E-state index contributed by atoms with van der Waals surface area (Å²) in [5.74, 6) is -0.958. The van der Waals surface area contributed by atoms with Crippen molar-refractivity contribution in [2.75, 3.05) is 10.6 Å². The summed E-state index contributed by atoms with van der Waals surface area (Å²) in [7, 11) is 0. The Labute approximate surface area is 114 Å². The molecule has 2 aromatic carbocycles. The molecule has 0 saturated carbocycles. The van der Waals surface area contributed by atoms with E-state index in [2.05, 4.69) is 10.6 Å². The highest BCUT2D eigenvalue weighted by atomic mass is 19.1. The number of amides is 2. The number of rotatable bonds is 2. The van der Waals surface area contributed by atoms with Gasteiger partial charge in [0.05, 0.1) is 17.3 Å². The highest BCUT2D eigenvalue weighted by molar-refractivity contribution is 5.99. The monoisotopic (exact) mass is 271 g/mol. The van der Waals surface area contributed by atoms with Crippen LogP contribution in [0.15, 0.2) is 42.5 Å². The van der Waals surface area contributed by atoms with Crippen molar-refractivity contribution in [2.45, 2.75) is 0 Å². The molecule has 0 saturated heterocycles. The van der Waals surface area contributed by atoms with Gasteiger partial charge < -0.3 is 15.7 Å². The van der Waals surface area contributed by atoms with E-state index >= 15 is 0 Å². The third-order valence-electron chi connectivity index (χ3n) is 2.47. The van der Waals surface area contributed by atoms with Gasteiger partial charge in [-0.25, -0.2) is 9.18 Å². The lowest BCUT2D eigenvalue weighted by atomic mass is 10.2. The molecule has 0 aliphatic carbocycles. The SMILES string of the molecule is N#Cc1ccc(NC(=O)Nc2ccc(O)cc2F)cc1. The van der Waals surface area contributed by atoms with Crippen molar-refractivity contribution in [3.05, 3.63) is 53.8 Å². The van der Waals surface area contributed by atoms with E-state index in [1.54, 1.807) is 24.3 Å². The number of aromatic hydroxyl groups is 1. The second kappa shape index (κ2) is 5.71. The van der Waals surface area contributed by atoms with Gasteiger partial charge in [0.1, 0.15) is 11.6 Å². The highest BCUT2D eigenvalue weighted by Gasteiger charge is 2.07. The van der Waals surface area contributed by atoms with Crippen LogP contribution in [0.5, 0.6) is 5.75 Å². The number of nitriles is 1. The lowest BCUT2D eigenvalue weighted by molar-refractivity contribution is 0.262. The predicted molar refractivity (Wildman–Crippen MR) is 71.9 cm³/mol. The molecule has 6 heteroatoms. The van der Waals surface area contributed by atoms with Crippen molar-refractivity contribution in [1.82, 2.24) is 0 Å². The van der Waals surface area contributed by atoms with E-state index in [9.17, 15) is 9.18 Å². The number of phenols is 1. The molecule has 2 rings (SSSR count). The Morgan fingerprint density at radius 3 is 2.45 bits per heavy atom. The first-order chi connectivity index (χ1) is 9.58. The van der Waals surface area contributed by atoms with Crippen molar-refractivity contribution in [3.63, 3.8) is 0 Å². The summed E-state index contributed by atoms with van der Waals surface area (Å²) in [6.45, 7) is 0. The maximum atomic E-state index is 13.4. The summed E-state index contributed by atoms with van der Waals surface area (Å²) in [6.07, 6.45) is 0. The van der Waals surface area contributed by atoms with Crippen molar-refractivity contribution in [1.29, 1.82) is 5.26 Å². The molecule has 3 N–H and O–H groups in total. The summed E-state index contributed by atoms with van der Waals surface area (Å²) >= 11 is 0. The maximum Gasteiger partial charge on any atom is 0.323 e. The molecule has 0 bridgehead atoms. The van der Waals surface area contributed by atoms with Crippen LogP contribution in [0.2, 0.25) is 0 Å². The van der Waals surface area contributed by atoms with Gasteiger partial charge in [0.25, 0.3) is 0 Å². The van der Waals surface area contributed by atoms with Gasteiger partial charge in [-0.3, -0.25) is 0 Å². The lowest BCUT2D eigenvalue weighted by Gasteiger charge is -2.08. The van der Waals surface area contributed by atoms with Crippen LogP contribution in [-0.2, 0) is 0 Å². The summed E-state index contributed by atoms with van der Waals surface area (Å²) in [4.78, 5) is 11.7. The molecule has 0 aliphatic heterocycles. The van der Waals surface area contributed by atoms with Crippen molar-refractivity contribution < 1.29 is 14.3 Å². The van der Waals surface area contributed by atoms with E-state index in [-0.39, 0.29) is 11.4 Å². The molecule has 0 atom stereocenters. The molecule has 20 heavy (non-hydrogen) atoms. The molecule has 0 unspecified atom stereocenters. The summed E-state index contributed by atoms with van der Waals surface area (Å²) in [5.41, 5.74) is 0.898. The molecule has 0 aromatic heterocycles. The Morgan fingerprint density at radius 1 is 1.15 bits per heavy atom. The van der Waals surface area contributed by atoms with Crippen LogP contribution in [0.1, 0.15) is 5.56 Å². The van der Waals surface area contributed by atoms with Crippen molar-refractivity contribution >= 4 is 17.4 Å². The average Bonchev–Trinajstić information content (AvgIpc) is 2.43. The zero-order valence-corrected chi connectivity index (χ0v) is 10.2. The molecule has 0 radical (unpaired) electrons. The van der Waals surface area contributed by atoms with Crippen LogP contribution in [0.4, 0.5) is 20.6 Å². The Kier molecular flexibility index (Phi) is 3.82. The molecule has 0 fully saturated rings. The normalized spacial score (nSPS) is 9.60. The largest absolute Gasteiger partial charge is 0.508 e. The second-order valence-electron chi connectivity index (χ2n) is 3.93. The van der Waals surface area contributed by atoms with Gasteiger partial charge in [0.15, 0.2) is 0 Å². The number of phenolic OH excluding ortho intramolecular Hbond substituents is 1. The minimum absolute atomic E-state index is 0.0473. The third kappa shape index (κ3) is 3.23. The topological polar surface area (TPSA) is 85.2 Å². The number of carbonyl (C=O) groups is 1. The Bertz CT molecular complexity index is 678. The molecular weight excluding hydrogens is 261 g/mol. The van der Waals surface area contributed by atoms with E-state index < -0.39 is 11.8 Å². The lowest BCUT2D eigenvalue weighted by Crippen LogP contribution is -2.20. The Balaban J connectivity index is 2.03. The standard InChI is InChI=1S/C14H10FN3O2/c15-12-7-11(19)5-6-13(12)18-14(20)17-10-3-1-9(8-16)2-4-10/h1-7,19H,(H2,17,18,20). The summed E-state index contributed by atoms with van der Waals surface area (Å²) < 4.78 is 13.4. The van der Waals surface area contributed by atoms with Gasteiger partial charge in [-0.1, -0.05) is 0 Å². The minimum atomic E-state index is -0.736.